The lowest BCUT2D eigenvalue weighted by atomic mass is 9.32. The number of hydrogen-bond donors (Lipinski definition) is 0. The van der Waals surface area contributed by atoms with Crippen LogP contribution < -0.4 is 0 Å². The second-order valence-corrected chi connectivity index (χ2v) is 15.1. The maximum absolute atomic E-state index is 13.2. The lowest BCUT2D eigenvalue weighted by molar-refractivity contribution is -0.235. The van der Waals surface area contributed by atoms with Crippen molar-refractivity contribution in [1.82, 2.24) is 0 Å². The van der Waals surface area contributed by atoms with E-state index in [0.717, 1.165) is 19.3 Å². The molecular weight excluding hydrogens is 402 g/mol. The first-order valence-corrected chi connectivity index (χ1v) is 14.2. The third-order valence-corrected chi connectivity index (χ3v) is 13.5. The lowest BCUT2D eigenvalue weighted by Crippen LogP contribution is -2.67. The molecule has 184 valence electrons. The fourth-order valence-corrected chi connectivity index (χ4v) is 12.0. The van der Waals surface area contributed by atoms with Gasteiger partial charge in [0, 0.05) is 11.3 Å². The summed E-state index contributed by atoms with van der Waals surface area (Å²) in [6.45, 7) is 19.5. The fourth-order valence-electron chi connectivity index (χ4n) is 12.0. The Balaban J connectivity index is 1.57. The smallest absolute Gasteiger partial charge is 0.141 e. The Kier molecular flexibility index (Phi) is 5.14. The van der Waals surface area contributed by atoms with Crippen molar-refractivity contribution < 1.29 is 4.79 Å². The zero-order chi connectivity index (χ0) is 24.2. The van der Waals surface area contributed by atoms with Crippen LogP contribution in [0.15, 0.2) is 0 Å². The van der Waals surface area contributed by atoms with Crippen molar-refractivity contribution in [2.45, 2.75) is 113 Å². The predicted molar refractivity (Wildman–Crippen MR) is 134 cm³/mol. The van der Waals surface area contributed by atoms with E-state index in [4.69, 9.17) is 0 Å². The first-order chi connectivity index (χ1) is 15.3. The minimum atomic E-state index is -0.192. The lowest BCUT2D eigenvalue weighted by Gasteiger charge is -2.72. The van der Waals surface area contributed by atoms with Crippen molar-refractivity contribution in [3.63, 3.8) is 0 Å². The average molecular weight is 452 g/mol. The van der Waals surface area contributed by atoms with Gasteiger partial charge < -0.3 is 0 Å². The van der Waals surface area contributed by atoms with Crippen LogP contribution in [0.4, 0.5) is 0 Å². The molecule has 0 N–H and O–H groups in total. The molecule has 0 aromatic carbocycles. The molecule has 0 aromatic heterocycles. The van der Waals surface area contributed by atoms with Crippen LogP contribution in [0, 0.1) is 79.8 Å². The summed E-state index contributed by atoms with van der Waals surface area (Å²) in [7, 11) is 0. The van der Waals surface area contributed by atoms with Crippen LogP contribution in [0.5, 0.6) is 0 Å². The molecule has 2 heteroatoms. The zero-order valence-corrected chi connectivity index (χ0v) is 22.8. The van der Waals surface area contributed by atoms with Gasteiger partial charge in [0.2, 0.25) is 0 Å². The Bertz CT molecular complexity index is 882. The summed E-state index contributed by atoms with van der Waals surface area (Å²) in [6, 6.07) is 2.94. The maximum atomic E-state index is 13.2. The minimum absolute atomic E-state index is 0.0584. The van der Waals surface area contributed by atoms with Gasteiger partial charge >= 0.3 is 0 Å². The molecule has 0 heterocycles. The van der Waals surface area contributed by atoms with Crippen molar-refractivity contribution in [2.24, 2.45) is 68.5 Å². The van der Waals surface area contributed by atoms with Crippen molar-refractivity contribution in [3.8, 4) is 6.07 Å². The molecule has 5 rings (SSSR count). The molecule has 2 nitrogen and oxygen atoms in total. The zero-order valence-electron chi connectivity index (χ0n) is 22.8. The standard InChI is InChI=1S/C31H49NO/c1-19(2)21-11-14-31(18-32)16-15-29(7)22(25(21)31)9-10-24-28(6)17-20(3)26(33)27(4,5)23(28)12-13-30(24,29)8/h19-25H,9-17H2,1-8H3/t20-,21-,22+,23+,24-,25+,28+,29+,30-,31-/m0/s1. The first kappa shape index (κ1) is 23.9. The summed E-state index contributed by atoms with van der Waals surface area (Å²) in [5.41, 5.74) is 0.651. The molecule has 5 aliphatic carbocycles. The van der Waals surface area contributed by atoms with Gasteiger partial charge in [0.1, 0.15) is 5.78 Å². The molecule has 0 unspecified atom stereocenters. The highest BCUT2D eigenvalue weighted by Crippen LogP contribution is 2.77. The Hall–Kier alpha value is -0.840. The minimum Gasteiger partial charge on any atom is -0.299 e. The monoisotopic (exact) mass is 451 g/mol. The van der Waals surface area contributed by atoms with Gasteiger partial charge in [-0.05, 0) is 110 Å². The van der Waals surface area contributed by atoms with Crippen LogP contribution in [-0.4, -0.2) is 5.78 Å². The molecule has 0 aromatic rings. The van der Waals surface area contributed by atoms with E-state index in [1.54, 1.807) is 0 Å². The van der Waals surface area contributed by atoms with Gasteiger partial charge in [-0.15, -0.1) is 0 Å². The van der Waals surface area contributed by atoms with Crippen LogP contribution in [0.3, 0.4) is 0 Å². The first-order valence-electron chi connectivity index (χ1n) is 14.2. The highest BCUT2D eigenvalue weighted by atomic mass is 16.1. The summed E-state index contributed by atoms with van der Waals surface area (Å²) in [5.74, 6) is 4.59. The van der Waals surface area contributed by atoms with E-state index in [1.165, 1.54) is 38.5 Å². The van der Waals surface area contributed by atoms with Crippen LogP contribution in [0.2, 0.25) is 0 Å². The molecule has 10 atom stereocenters. The summed E-state index contributed by atoms with van der Waals surface area (Å²) >= 11 is 0. The highest BCUT2D eigenvalue weighted by Gasteiger charge is 2.71. The van der Waals surface area contributed by atoms with Gasteiger partial charge in [-0.2, -0.15) is 5.26 Å². The third-order valence-electron chi connectivity index (χ3n) is 13.5. The SMILES string of the molecule is CC(C)[C@@H]1CC[C@@]2(C#N)CC[C@]3(C)[C@H](CC[C@H]4[C@]5(C)C[C@H](C)C(=O)C(C)(C)[C@H]5CC[C@@]43C)[C@@H]12. The van der Waals surface area contributed by atoms with Crippen molar-refractivity contribution in [2.75, 3.05) is 0 Å². The quantitative estimate of drug-likeness (QED) is 0.404. The number of carbonyl (C=O) groups is 1. The number of Topliss-reactive ketones (excluding diaryl/α,β-unsaturated/α-hetero) is 1. The Morgan fingerprint density at radius 3 is 2.21 bits per heavy atom. The summed E-state index contributed by atoms with van der Waals surface area (Å²) in [4.78, 5) is 13.2. The Morgan fingerprint density at radius 2 is 1.58 bits per heavy atom. The molecule has 5 fully saturated rings. The summed E-state index contributed by atoms with van der Waals surface area (Å²) in [5, 5.41) is 10.4. The molecule has 0 amide bonds. The number of nitriles is 1. The van der Waals surface area contributed by atoms with E-state index in [2.05, 4.69) is 61.5 Å². The largest absolute Gasteiger partial charge is 0.299 e. The van der Waals surface area contributed by atoms with Crippen molar-refractivity contribution >= 4 is 5.78 Å². The molecule has 5 aliphatic rings. The van der Waals surface area contributed by atoms with Crippen molar-refractivity contribution in [3.05, 3.63) is 0 Å². The molecule has 0 aliphatic heterocycles. The van der Waals surface area contributed by atoms with Gasteiger partial charge in [0.15, 0.2) is 0 Å². The number of nitrogens with zero attached hydrogens (tertiary/aromatic N) is 1. The second-order valence-electron chi connectivity index (χ2n) is 15.1. The van der Waals surface area contributed by atoms with Crippen LogP contribution >= 0.6 is 0 Å². The molecule has 0 radical (unpaired) electrons. The molecule has 0 spiro atoms. The van der Waals surface area contributed by atoms with Crippen LogP contribution in [0.1, 0.15) is 113 Å². The Morgan fingerprint density at radius 1 is 0.879 bits per heavy atom. The summed E-state index contributed by atoms with van der Waals surface area (Å²) in [6.07, 6.45) is 10.9. The number of carbonyl (C=O) groups excluding carboxylic acids is 1. The number of hydrogen-bond acceptors (Lipinski definition) is 2. The fraction of sp³-hybridized carbons (Fsp3) is 0.935. The molecular formula is C31H49NO. The highest BCUT2D eigenvalue weighted by molar-refractivity contribution is 5.87. The normalized spacial score (nSPS) is 55.2. The number of ketones is 1. The van der Waals surface area contributed by atoms with E-state index in [0.29, 0.717) is 52.1 Å². The van der Waals surface area contributed by atoms with Gasteiger partial charge in [0.05, 0.1) is 11.5 Å². The Labute approximate surface area is 203 Å². The molecule has 33 heavy (non-hydrogen) atoms. The second kappa shape index (κ2) is 7.11. The van der Waals surface area contributed by atoms with Gasteiger partial charge in [-0.25, -0.2) is 0 Å². The van der Waals surface area contributed by atoms with E-state index < -0.39 is 0 Å². The molecule has 0 saturated heterocycles. The average Bonchev–Trinajstić information content (AvgIpc) is 3.13. The number of fused-ring (bicyclic) bond motifs is 7. The van der Waals surface area contributed by atoms with Gasteiger partial charge in [-0.1, -0.05) is 55.4 Å². The van der Waals surface area contributed by atoms with E-state index in [9.17, 15) is 10.1 Å². The number of rotatable bonds is 1. The third kappa shape index (κ3) is 2.75. The van der Waals surface area contributed by atoms with E-state index in [-0.39, 0.29) is 22.2 Å². The molecule has 5 saturated carbocycles. The van der Waals surface area contributed by atoms with Crippen LogP contribution in [-0.2, 0) is 4.79 Å². The van der Waals surface area contributed by atoms with E-state index >= 15 is 0 Å². The predicted octanol–water partition coefficient (Wildman–Crippen LogP) is 8.06. The van der Waals surface area contributed by atoms with Crippen molar-refractivity contribution in [1.29, 1.82) is 5.26 Å². The topological polar surface area (TPSA) is 40.9 Å². The maximum Gasteiger partial charge on any atom is 0.141 e. The molecule has 0 bridgehead atoms. The van der Waals surface area contributed by atoms with Gasteiger partial charge in [0.25, 0.3) is 0 Å². The summed E-state index contributed by atoms with van der Waals surface area (Å²) < 4.78 is 0. The van der Waals surface area contributed by atoms with Gasteiger partial charge in [-0.3, -0.25) is 4.79 Å². The van der Waals surface area contributed by atoms with Crippen LogP contribution in [0.25, 0.3) is 0 Å². The van der Waals surface area contributed by atoms with E-state index in [1.807, 2.05) is 0 Å².